The summed E-state index contributed by atoms with van der Waals surface area (Å²) in [6.07, 6.45) is 0.253. The maximum absolute atomic E-state index is 13.0. The standard InChI is InChI=1S/C34H22N2O7/c37-27-11-4-9-22-28(27)31(39)29(30(22)38)26-13-12-20-21(8-3-10-25(20)35-26)34(42)43-15-5-14-36-32(40)23-16-18-6-1-2-7-19(18)17-24(23)33(36)41/h1-4,6-13,16-17,29,37H,5,14-15H2. The lowest BCUT2D eigenvalue weighted by molar-refractivity contribution is 0.0484. The molecule has 0 bridgehead atoms. The van der Waals surface area contributed by atoms with Gasteiger partial charge in [-0.3, -0.25) is 29.1 Å². The van der Waals surface area contributed by atoms with E-state index in [2.05, 4.69) is 4.98 Å². The van der Waals surface area contributed by atoms with Crippen molar-refractivity contribution in [1.29, 1.82) is 0 Å². The quantitative estimate of drug-likeness (QED) is 0.129. The second-order valence-electron chi connectivity index (χ2n) is 10.5. The lowest BCUT2D eigenvalue weighted by Gasteiger charge is -2.14. The number of imide groups is 1. The number of fused-ring (bicyclic) bond motifs is 4. The number of hydrogen-bond acceptors (Lipinski definition) is 8. The Morgan fingerprint density at radius 1 is 0.791 bits per heavy atom. The van der Waals surface area contributed by atoms with Crippen LogP contribution >= 0.6 is 0 Å². The number of ketones is 2. The molecule has 1 atom stereocenters. The third kappa shape index (κ3) is 4.16. The minimum atomic E-state index is -1.18. The van der Waals surface area contributed by atoms with Crippen LogP contribution in [-0.4, -0.2) is 57.5 Å². The number of phenolic OH excluding ortho intramolecular Hbond substituents is 1. The summed E-state index contributed by atoms with van der Waals surface area (Å²) in [5.41, 5.74) is 1.74. The van der Waals surface area contributed by atoms with Crippen molar-refractivity contribution < 1.29 is 33.8 Å². The number of amides is 2. The summed E-state index contributed by atoms with van der Waals surface area (Å²) in [5, 5.41) is 12.4. The number of Topliss-reactive ketones (excluding diaryl/α,β-unsaturated/α-hetero) is 2. The number of esters is 1. The number of phenols is 1. The van der Waals surface area contributed by atoms with Gasteiger partial charge in [0.05, 0.1) is 40.1 Å². The molecule has 1 aliphatic carbocycles. The Kier molecular flexibility index (Phi) is 6.09. The summed E-state index contributed by atoms with van der Waals surface area (Å²) in [6, 6.07) is 23.3. The first kappa shape index (κ1) is 26.2. The SMILES string of the molecule is O=C(OCCCN1C(=O)c2cc3ccccc3cc2C1=O)c1cccc2nc(C3C(=O)c4cccc(O)c4C3=O)ccc12. The van der Waals surface area contributed by atoms with Crippen molar-refractivity contribution in [3.63, 3.8) is 0 Å². The average molecular weight is 571 g/mol. The first-order chi connectivity index (χ1) is 20.8. The van der Waals surface area contributed by atoms with Crippen molar-refractivity contribution >= 4 is 51.0 Å². The van der Waals surface area contributed by atoms with Gasteiger partial charge < -0.3 is 9.84 Å². The third-order valence-corrected chi connectivity index (χ3v) is 7.94. The predicted molar refractivity (Wildman–Crippen MR) is 155 cm³/mol. The molecule has 43 heavy (non-hydrogen) atoms. The number of nitrogens with zero attached hydrogens (tertiary/aromatic N) is 2. The van der Waals surface area contributed by atoms with Crippen LogP contribution in [0.2, 0.25) is 0 Å². The number of hydrogen-bond donors (Lipinski definition) is 1. The van der Waals surface area contributed by atoms with E-state index in [1.165, 1.54) is 29.2 Å². The van der Waals surface area contributed by atoms with Crippen LogP contribution in [0.3, 0.4) is 0 Å². The highest BCUT2D eigenvalue weighted by Crippen LogP contribution is 2.38. The van der Waals surface area contributed by atoms with Crippen LogP contribution in [0.5, 0.6) is 5.75 Å². The maximum Gasteiger partial charge on any atom is 0.338 e. The Balaban J connectivity index is 1.03. The number of pyridine rings is 1. The zero-order chi connectivity index (χ0) is 29.8. The molecule has 2 aliphatic rings. The molecule has 0 spiro atoms. The summed E-state index contributed by atoms with van der Waals surface area (Å²) in [4.78, 5) is 70.5. The van der Waals surface area contributed by atoms with Gasteiger partial charge in [0.25, 0.3) is 11.8 Å². The van der Waals surface area contributed by atoms with Crippen molar-refractivity contribution in [3.8, 4) is 5.75 Å². The molecule has 1 unspecified atom stereocenters. The van der Waals surface area contributed by atoms with Gasteiger partial charge in [-0.15, -0.1) is 0 Å². The first-order valence-corrected chi connectivity index (χ1v) is 13.7. The number of rotatable bonds is 6. The van der Waals surface area contributed by atoms with E-state index in [1.54, 1.807) is 36.4 Å². The molecule has 0 saturated heterocycles. The molecule has 9 heteroatoms. The zero-order valence-corrected chi connectivity index (χ0v) is 22.6. The fraction of sp³-hybridized carbons (Fsp3) is 0.118. The molecule has 7 rings (SSSR count). The topological polar surface area (TPSA) is 131 Å². The largest absolute Gasteiger partial charge is 0.507 e. The molecule has 0 saturated carbocycles. The second kappa shape index (κ2) is 9.99. The smallest absolute Gasteiger partial charge is 0.338 e. The van der Waals surface area contributed by atoms with Crippen molar-refractivity contribution in [1.82, 2.24) is 9.88 Å². The number of carbonyl (C=O) groups is 5. The molecule has 9 nitrogen and oxygen atoms in total. The van der Waals surface area contributed by atoms with E-state index in [4.69, 9.17) is 4.74 Å². The predicted octanol–water partition coefficient (Wildman–Crippen LogP) is 5.10. The fourth-order valence-electron chi connectivity index (χ4n) is 5.85. The van der Waals surface area contributed by atoms with E-state index in [9.17, 15) is 29.1 Å². The molecule has 210 valence electrons. The molecule has 2 heterocycles. The summed E-state index contributed by atoms with van der Waals surface area (Å²) in [7, 11) is 0. The zero-order valence-electron chi connectivity index (χ0n) is 22.6. The molecule has 4 aromatic carbocycles. The summed E-state index contributed by atoms with van der Waals surface area (Å²) in [6.45, 7) is 0.0702. The monoisotopic (exact) mass is 570 g/mol. The Hall–Kier alpha value is -5.70. The summed E-state index contributed by atoms with van der Waals surface area (Å²) in [5.74, 6) is -3.74. The van der Waals surface area contributed by atoms with Crippen LogP contribution in [0, 0.1) is 0 Å². The van der Waals surface area contributed by atoms with Gasteiger partial charge in [-0.1, -0.05) is 48.5 Å². The highest BCUT2D eigenvalue weighted by atomic mass is 16.5. The van der Waals surface area contributed by atoms with Gasteiger partial charge >= 0.3 is 5.97 Å². The number of aromatic nitrogens is 1. The van der Waals surface area contributed by atoms with Crippen LogP contribution in [0.4, 0.5) is 0 Å². The summed E-state index contributed by atoms with van der Waals surface area (Å²) >= 11 is 0. The van der Waals surface area contributed by atoms with Gasteiger partial charge in [0.15, 0.2) is 11.6 Å². The van der Waals surface area contributed by atoms with Gasteiger partial charge in [-0.05, 0) is 53.6 Å². The van der Waals surface area contributed by atoms with Crippen LogP contribution in [0.25, 0.3) is 21.7 Å². The van der Waals surface area contributed by atoms with E-state index in [0.717, 1.165) is 10.8 Å². The Labute approximate surface area is 244 Å². The van der Waals surface area contributed by atoms with E-state index in [0.29, 0.717) is 22.0 Å². The second-order valence-corrected chi connectivity index (χ2v) is 10.5. The molecule has 0 radical (unpaired) electrons. The van der Waals surface area contributed by atoms with Gasteiger partial charge in [-0.2, -0.15) is 0 Å². The molecule has 5 aromatic rings. The highest BCUT2D eigenvalue weighted by Gasteiger charge is 2.42. The van der Waals surface area contributed by atoms with E-state index >= 15 is 0 Å². The minimum Gasteiger partial charge on any atom is -0.507 e. The molecular formula is C34H22N2O7. The van der Waals surface area contributed by atoms with Crippen LogP contribution < -0.4 is 0 Å². The lowest BCUT2D eigenvalue weighted by atomic mass is 9.97. The highest BCUT2D eigenvalue weighted by molar-refractivity contribution is 6.30. The van der Waals surface area contributed by atoms with Gasteiger partial charge in [0, 0.05) is 17.5 Å². The van der Waals surface area contributed by atoms with Crippen molar-refractivity contribution in [3.05, 3.63) is 118 Å². The number of carbonyl (C=O) groups excluding carboxylic acids is 5. The Morgan fingerprint density at radius 3 is 2.19 bits per heavy atom. The average Bonchev–Trinajstić information content (AvgIpc) is 3.41. The van der Waals surface area contributed by atoms with Gasteiger partial charge in [-0.25, -0.2) is 4.79 Å². The molecule has 1 N–H and O–H groups in total. The Bertz CT molecular complexity index is 2010. The van der Waals surface area contributed by atoms with Gasteiger partial charge in [0.2, 0.25) is 0 Å². The Morgan fingerprint density at radius 2 is 1.49 bits per heavy atom. The minimum absolute atomic E-state index is 0.00800. The van der Waals surface area contributed by atoms with Crippen LogP contribution in [0.15, 0.2) is 84.9 Å². The number of ether oxygens (including phenoxy) is 1. The fourth-order valence-corrected chi connectivity index (χ4v) is 5.85. The maximum atomic E-state index is 13.0. The van der Waals surface area contributed by atoms with E-state index in [1.807, 2.05) is 24.3 Å². The number of benzene rings is 4. The van der Waals surface area contributed by atoms with Crippen LogP contribution in [-0.2, 0) is 4.74 Å². The number of aromatic hydroxyl groups is 1. The third-order valence-electron chi connectivity index (χ3n) is 7.94. The molecule has 1 aromatic heterocycles. The van der Waals surface area contributed by atoms with Crippen molar-refractivity contribution in [2.24, 2.45) is 0 Å². The van der Waals surface area contributed by atoms with Crippen molar-refractivity contribution in [2.45, 2.75) is 12.3 Å². The lowest BCUT2D eigenvalue weighted by Crippen LogP contribution is -2.31. The molecular weight excluding hydrogens is 548 g/mol. The summed E-state index contributed by atoms with van der Waals surface area (Å²) < 4.78 is 5.47. The van der Waals surface area contributed by atoms with Gasteiger partial charge in [0.1, 0.15) is 11.7 Å². The molecule has 1 aliphatic heterocycles. The van der Waals surface area contributed by atoms with Crippen LogP contribution in [0.1, 0.15) is 69.8 Å². The molecule has 0 fully saturated rings. The first-order valence-electron chi connectivity index (χ1n) is 13.7. The van der Waals surface area contributed by atoms with Crippen molar-refractivity contribution in [2.75, 3.05) is 13.2 Å². The normalized spacial score (nSPS) is 15.8. The van der Waals surface area contributed by atoms with E-state index < -0.39 is 23.5 Å². The van der Waals surface area contributed by atoms with E-state index in [-0.39, 0.29) is 59.5 Å². The molecule has 2 amide bonds.